The second kappa shape index (κ2) is 13.5. The van der Waals surface area contributed by atoms with Crippen LogP contribution in [0.2, 0.25) is 10.0 Å². The summed E-state index contributed by atoms with van der Waals surface area (Å²) in [7, 11) is 6.75. The maximum absolute atomic E-state index is 15.3. The Bertz CT molecular complexity index is 1760. The van der Waals surface area contributed by atoms with Crippen molar-refractivity contribution < 1.29 is 23.4 Å². The Morgan fingerprint density at radius 2 is 1.71 bits per heavy atom. The van der Waals surface area contributed by atoms with Crippen molar-refractivity contribution in [1.82, 2.24) is 14.5 Å². The Hall–Kier alpha value is -4.06. The number of methoxy groups -OCH3 is 2. The third-order valence-electron chi connectivity index (χ3n) is 6.84. The average Bonchev–Trinajstić information content (AvgIpc) is 2.95. The molecule has 0 aliphatic carbocycles. The van der Waals surface area contributed by atoms with E-state index in [0.717, 1.165) is 4.90 Å². The molecule has 4 rings (SSSR count). The molecule has 0 saturated heterocycles. The molecular formula is C32H36Cl2FN5O5. The largest absolute Gasteiger partial charge is 0.495 e. The number of fused-ring (bicyclic) bond motifs is 1. The van der Waals surface area contributed by atoms with E-state index in [9.17, 15) is 9.59 Å². The van der Waals surface area contributed by atoms with Crippen LogP contribution < -0.4 is 25.7 Å². The normalized spacial score (nSPS) is 11.6. The number of ether oxygens (including phenoxy) is 3. The van der Waals surface area contributed by atoms with E-state index in [4.69, 9.17) is 43.1 Å². The minimum atomic E-state index is -0.911. The molecule has 0 spiro atoms. The maximum Gasteiger partial charge on any atom is 0.420 e. The zero-order valence-electron chi connectivity index (χ0n) is 26.2. The van der Waals surface area contributed by atoms with Crippen LogP contribution in [-0.2, 0) is 11.3 Å². The van der Waals surface area contributed by atoms with Crippen LogP contribution in [0.5, 0.6) is 11.5 Å². The molecule has 2 N–H and O–H groups in total. The number of amides is 1. The number of nitrogens with two attached hydrogens (primary N) is 1. The number of carbonyl (C=O) groups excluding carboxylic acids is 1. The number of carbonyl (C=O) groups is 1. The fraction of sp³-hybridized carbons (Fsp3) is 0.344. The number of hydrogen-bond donors (Lipinski definition) is 1. The van der Waals surface area contributed by atoms with Crippen LogP contribution in [0.1, 0.15) is 27.2 Å². The third-order valence-corrected chi connectivity index (χ3v) is 7.59. The lowest BCUT2D eigenvalue weighted by Gasteiger charge is -2.28. The minimum absolute atomic E-state index is 0.00109. The Morgan fingerprint density at radius 3 is 2.27 bits per heavy atom. The molecule has 4 aromatic rings. The van der Waals surface area contributed by atoms with Gasteiger partial charge >= 0.3 is 6.09 Å². The molecule has 45 heavy (non-hydrogen) atoms. The smallest absolute Gasteiger partial charge is 0.420 e. The van der Waals surface area contributed by atoms with Crippen molar-refractivity contribution >= 4 is 57.4 Å². The van der Waals surface area contributed by atoms with E-state index in [1.54, 1.807) is 37.5 Å². The quantitative estimate of drug-likeness (QED) is 0.189. The molecule has 0 fully saturated rings. The number of aryl methyl sites for hydroxylation is 1. The highest BCUT2D eigenvalue weighted by Crippen LogP contribution is 2.45. The van der Waals surface area contributed by atoms with Crippen molar-refractivity contribution in [3.8, 4) is 22.6 Å². The van der Waals surface area contributed by atoms with Crippen LogP contribution in [0.4, 0.5) is 26.4 Å². The topological polar surface area (TPSA) is 112 Å². The van der Waals surface area contributed by atoms with Crippen molar-refractivity contribution in [3.63, 3.8) is 0 Å². The average molecular weight is 661 g/mol. The number of nitrogen functional groups attached to an aromatic ring is 1. The van der Waals surface area contributed by atoms with Crippen LogP contribution >= 0.6 is 23.2 Å². The van der Waals surface area contributed by atoms with Gasteiger partial charge in [0.15, 0.2) is 0 Å². The first-order chi connectivity index (χ1) is 21.2. The van der Waals surface area contributed by atoms with E-state index in [1.807, 2.05) is 19.0 Å². The summed E-state index contributed by atoms with van der Waals surface area (Å²) in [6, 6.07) is 8.76. The molecule has 0 aliphatic heterocycles. The number of pyridine rings is 2. The molecule has 0 radical (unpaired) electrons. The number of nitrogens with zero attached hydrogens (tertiary/aromatic N) is 4. The van der Waals surface area contributed by atoms with Crippen LogP contribution in [-0.4, -0.2) is 61.0 Å². The highest BCUT2D eigenvalue weighted by molar-refractivity contribution is 6.41. The first kappa shape index (κ1) is 33.8. The number of rotatable bonds is 9. The van der Waals surface area contributed by atoms with Gasteiger partial charge in [-0.1, -0.05) is 29.3 Å². The summed E-state index contributed by atoms with van der Waals surface area (Å²) in [5.41, 5.74) is 5.47. The van der Waals surface area contributed by atoms with Gasteiger partial charge in [0.1, 0.15) is 34.4 Å². The number of halogens is 3. The maximum atomic E-state index is 15.3. The summed E-state index contributed by atoms with van der Waals surface area (Å²) in [6.07, 6.45) is 1.18. The van der Waals surface area contributed by atoms with Crippen LogP contribution in [0.25, 0.3) is 22.0 Å². The molecule has 0 aliphatic rings. The van der Waals surface area contributed by atoms with Gasteiger partial charge < -0.3 is 29.4 Å². The van der Waals surface area contributed by atoms with Crippen LogP contribution in [0.15, 0.2) is 47.4 Å². The molecule has 0 atom stereocenters. The van der Waals surface area contributed by atoms with Gasteiger partial charge in [0.2, 0.25) is 0 Å². The highest BCUT2D eigenvalue weighted by Gasteiger charge is 2.30. The zero-order chi connectivity index (χ0) is 33.2. The molecule has 1 amide bonds. The number of aromatic nitrogens is 2. The van der Waals surface area contributed by atoms with Crippen molar-refractivity contribution in [2.45, 2.75) is 39.3 Å². The van der Waals surface area contributed by atoms with E-state index >= 15 is 4.39 Å². The summed E-state index contributed by atoms with van der Waals surface area (Å²) in [5.74, 6) is -0.204. The van der Waals surface area contributed by atoms with Gasteiger partial charge in [0.05, 0.1) is 41.0 Å². The molecule has 0 saturated carbocycles. The first-order valence-electron chi connectivity index (χ1n) is 14.0. The van der Waals surface area contributed by atoms with E-state index in [0.29, 0.717) is 23.9 Å². The van der Waals surface area contributed by atoms with E-state index in [-0.39, 0.29) is 56.4 Å². The Labute approximate surface area is 271 Å². The predicted molar refractivity (Wildman–Crippen MR) is 177 cm³/mol. The Morgan fingerprint density at radius 1 is 1.07 bits per heavy atom. The van der Waals surface area contributed by atoms with Crippen LogP contribution in [0.3, 0.4) is 0 Å². The highest BCUT2D eigenvalue weighted by atomic mass is 35.5. The van der Waals surface area contributed by atoms with Crippen LogP contribution in [0, 0.1) is 5.82 Å². The van der Waals surface area contributed by atoms with Gasteiger partial charge in [-0.25, -0.2) is 19.1 Å². The van der Waals surface area contributed by atoms with Crippen molar-refractivity contribution in [2.75, 3.05) is 45.5 Å². The molecule has 10 nitrogen and oxygen atoms in total. The zero-order valence-corrected chi connectivity index (χ0v) is 27.7. The summed E-state index contributed by atoms with van der Waals surface area (Å²) < 4.78 is 33.3. The molecule has 0 unspecified atom stereocenters. The number of hydrogen-bond acceptors (Lipinski definition) is 8. The lowest BCUT2D eigenvalue weighted by molar-refractivity contribution is 0.0597. The van der Waals surface area contributed by atoms with Gasteiger partial charge in [0.25, 0.3) is 5.56 Å². The Balaban J connectivity index is 2.03. The molecular weight excluding hydrogens is 624 g/mol. The van der Waals surface area contributed by atoms with Crippen molar-refractivity contribution in [3.05, 3.63) is 68.8 Å². The molecule has 240 valence electrons. The summed E-state index contributed by atoms with van der Waals surface area (Å²) in [6.45, 7) is 6.04. The summed E-state index contributed by atoms with van der Waals surface area (Å²) in [4.78, 5) is 35.3. The van der Waals surface area contributed by atoms with Crippen molar-refractivity contribution in [1.29, 1.82) is 0 Å². The number of para-hydroxylation sites is 1. The summed E-state index contributed by atoms with van der Waals surface area (Å²) >= 11 is 13.4. The SMILES string of the molecule is COc1cc(OC)c(Cl)c(-c2cc3cnc(N(C(=O)OC(C)(C)C)c4c(N)cccc4F)cc3n(CCCN(C)C)c2=O)c1Cl. The minimum Gasteiger partial charge on any atom is -0.495 e. The monoisotopic (exact) mass is 659 g/mol. The Kier molecular flexibility index (Phi) is 10.2. The second-order valence-electron chi connectivity index (χ2n) is 11.6. The molecule has 2 aromatic heterocycles. The van der Waals surface area contributed by atoms with E-state index < -0.39 is 23.1 Å². The van der Waals surface area contributed by atoms with E-state index in [1.165, 1.54) is 44.7 Å². The standard InChI is InChI=1S/C32H36Cl2FN5O5/c1-32(2,3)45-31(42)40(29-20(35)10-8-11-21(29)36)25-15-22-18(17-37-25)14-19(30(41)39(22)13-9-12-38(4)5)26-27(33)23(43-6)16-24(44-7)28(26)34/h8,10-11,14-17H,9,12-13,36H2,1-7H3. The number of benzene rings is 2. The molecule has 13 heteroatoms. The first-order valence-corrected chi connectivity index (χ1v) is 14.8. The predicted octanol–water partition coefficient (Wildman–Crippen LogP) is 7.13. The fourth-order valence-electron chi connectivity index (χ4n) is 4.83. The van der Waals surface area contributed by atoms with Gasteiger partial charge in [-0.3, -0.25) is 4.79 Å². The van der Waals surface area contributed by atoms with Crippen molar-refractivity contribution in [2.24, 2.45) is 0 Å². The van der Waals surface area contributed by atoms with Gasteiger partial charge in [0, 0.05) is 35.8 Å². The molecule has 0 bridgehead atoms. The van der Waals surface area contributed by atoms with Gasteiger partial charge in [-0.15, -0.1) is 0 Å². The molecule has 2 aromatic carbocycles. The lowest BCUT2D eigenvalue weighted by atomic mass is 10.0. The van der Waals surface area contributed by atoms with Gasteiger partial charge in [-0.2, -0.15) is 0 Å². The fourth-order valence-corrected chi connectivity index (χ4v) is 5.53. The van der Waals surface area contributed by atoms with E-state index in [2.05, 4.69) is 4.98 Å². The lowest BCUT2D eigenvalue weighted by Crippen LogP contribution is -2.35. The summed E-state index contributed by atoms with van der Waals surface area (Å²) in [5, 5.41) is 0.795. The second-order valence-corrected chi connectivity index (χ2v) is 12.3. The third kappa shape index (κ3) is 7.11. The van der Waals surface area contributed by atoms with Gasteiger partial charge in [-0.05, 0) is 66.0 Å². The number of anilines is 3. The molecule has 2 heterocycles.